The van der Waals surface area contributed by atoms with Crippen molar-refractivity contribution < 1.29 is 24.1 Å². The Morgan fingerprint density at radius 2 is 2.21 bits per heavy atom. The van der Waals surface area contributed by atoms with Crippen LogP contribution in [0.15, 0.2) is 18.2 Å². The number of ether oxygens (including phenoxy) is 2. The van der Waals surface area contributed by atoms with Gasteiger partial charge < -0.3 is 25.0 Å². The van der Waals surface area contributed by atoms with Crippen LogP contribution in [-0.2, 0) is 11.3 Å². The molecule has 1 atom stereocenters. The van der Waals surface area contributed by atoms with Gasteiger partial charge in [0.15, 0.2) is 11.6 Å². The van der Waals surface area contributed by atoms with Crippen molar-refractivity contribution in [2.45, 2.75) is 12.6 Å². The van der Waals surface area contributed by atoms with Gasteiger partial charge in [0, 0.05) is 20.2 Å². The molecule has 0 radical (unpaired) electrons. The zero-order valence-electron chi connectivity index (χ0n) is 10.9. The summed E-state index contributed by atoms with van der Waals surface area (Å²) in [6.07, 6.45) is -1.00. The first-order valence-electron chi connectivity index (χ1n) is 6.07. The van der Waals surface area contributed by atoms with Gasteiger partial charge in [-0.2, -0.15) is 0 Å². The van der Waals surface area contributed by atoms with E-state index < -0.39 is 18.5 Å². The average Bonchev–Trinajstić information content (AvgIpc) is 2.42. The van der Waals surface area contributed by atoms with Crippen LogP contribution in [0.3, 0.4) is 0 Å². The van der Waals surface area contributed by atoms with Crippen LogP contribution in [-0.4, -0.2) is 49.8 Å². The maximum Gasteiger partial charge on any atom is 0.165 e. The highest BCUT2D eigenvalue weighted by Crippen LogP contribution is 2.18. The molecular weight excluding hydrogens is 253 g/mol. The van der Waals surface area contributed by atoms with Crippen LogP contribution in [0.5, 0.6) is 5.75 Å². The largest absolute Gasteiger partial charge is 0.488 e. The van der Waals surface area contributed by atoms with E-state index in [1.165, 1.54) is 12.1 Å². The topological polar surface area (TPSA) is 71.0 Å². The van der Waals surface area contributed by atoms with Gasteiger partial charge in [0.05, 0.1) is 13.2 Å². The SMILES string of the molecule is COCCNCc1ccc(OCC(O)CO)c(F)c1. The van der Waals surface area contributed by atoms with E-state index in [-0.39, 0.29) is 12.4 Å². The molecule has 5 nitrogen and oxygen atoms in total. The Kier molecular flexibility index (Phi) is 7.35. The maximum atomic E-state index is 13.7. The van der Waals surface area contributed by atoms with Crippen molar-refractivity contribution in [1.29, 1.82) is 0 Å². The number of hydrogen-bond acceptors (Lipinski definition) is 5. The third kappa shape index (κ3) is 5.98. The predicted octanol–water partition coefficient (Wildman–Crippen LogP) is 0.294. The molecule has 1 aromatic rings. The first kappa shape index (κ1) is 15.8. The molecule has 0 saturated carbocycles. The third-order valence-electron chi connectivity index (χ3n) is 2.45. The molecule has 1 rings (SSSR count). The lowest BCUT2D eigenvalue weighted by atomic mass is 10.2. The molecule has 108 valence electrons. The summed E-state index contributed by atoms with van der Waals surface area (Å²) in [6.45, 7) is 1.28. The summed E-state index contributed by atoms with van der Waals surface area (Å²) in [4.78, 5) is 0. The van der Waals surface area contributed by atoms with Crippen LogP contribution >= 0.6 is 0 Å². The Hall–Kier alpha value is -1.21. The minimum atomic E-state index is -1.00. The van der Waals surface area contributed by atoms with E-state index in [1.54, 1.807) is 13.2 Å². The number of methoxy groups -OCH3 is 1. The van der Waals surface area contributed by atoms with Gasteiger partial charge in [-0.1, -0.05) is 6.07 Å². The van der Waals surface area contributed by atoms with Gasteiger partial charge in [-0.05, 0) is 17.7 Å². The van der Waals surface area contributed by atoms with E-state index in [9.17, 15) is 4.39 Å². The molecule has 0 heterocycles. The fraction of sp³-hybridized carbons (Fsp3) is 0.538. The first-order chi connectivity index (χ1) is 9.17. The van der Waals surface area contributed by atoms with Crippen LogP contribution in [0.25, 0.3) is 0 Å². The Balaban J connectivity index is 2.45. The predicted molar refractivity (Wildman–Crippen MR) is 68.6 cm³/mol. The quantitative estimate of drug-likeness (QED) is 0.564. The molecule has 0 aliphatic rings. The van der Waals surface area contributed by atoms with E-state index in [2.05, 4.69) is 5.32 Å². The number of benzene rings is 1. The van der Waals surface area contributed by atoms with Crippen molar-refractivity contribution in [3.8, 4) is 5.75 Å². The Morgan fingerprint density at radius 3 is 2.84 bits per heavy atom. The van der Waals surface area contributed by atoms with Gasteiger partial charge in [-0.3, -0.25) is 0 Å². The number of aliphatic hydroxyl groups excluding tert-OH is 2. The summed E-state index contributed by atoms with van der Waals surface area (Å²) < 4.78 is 23.6. The monoisotopic (exact) mass is 273 g/mol. The smallest absolute Gasteiger partial charge is 0.165 e. The molecule has 0 fully saturated rings. The zero-order valence-corrected chi connectivity index (χ0v) is 10.9. The summed E-state index contributed by atoms with van der Waals surface area (Å²) >= 11 is 0. The molecule has 0 bridgehead atoms. The highest BCUT2D eigenvalue weighted by atomic mass is 19.1. The number of halogens is 1. The van der Waals surface area contributed by atoms with Crippen molar-refractivity contribution in [3.05, 3.63) is 29.6 Å². The average molecular weight is 273 g/mol. The van der Waals surface area contributed by atoms with Gasteiger partial charge in [-0.25, -0.2) is 4.39 Å². The molecule has 6 heteroatoms. The van der Waals surface area contributed by atoms with Gasteiger partial charge in [0.1, 0.15) is 12.7 Å². The molecule has 1 unspecified atom stereocenters. The molecule has 19 heavy (non-hydrogen) atoms. The van der Waals surface area contributed by atoms with Crippen LogP contribution in [0.4, 0.5) is 4.39 Å². The highest BCUT2D eigenvalue weighted by Gasteiger charge is 2.08. The van der Waals surface area contributed by atoms with E-state index in [1.807, 2.05) is 0 Å². The molecular formula is C13H20FNO4. The van der Waals surface area contributed by atoms with Crippen molar-refractivity contribution in [1.82, 2.24) is 5.32 Å². The second-order valence-electron chi connectivity index (χ2n) is 4.08. The fourth-order valence-electron chi connectivity index (χ4n) is 1.42. The Morgan fingerprint density at radius 1 is 1.42 bits per heavy atom. The van der Waals surface area contributed by atoms with Gasteiger partial charge in [0.25, 0.3) is 0 Å². The minimum absolute atomic E-state index is 0.0631. The molecule has 0 spiro atoms. The zero-order chi connectivity index (χ0) is 14.1. The lowest BCUT2D eigenvalue weighted by molar-refractivity contribution is 0.0523. The molecule has 0 amide bonds. The summed E-state index contributed by atoms with van der Waals surface area (Å²) in [5.41, 5.74) is 0.795. The Bertz CT molecular complexity index is 376. The van der Waals surface area contributed by atoms with Crippen LogP contribution < -0.4 is 10.1 Å². The van der Waals surface area contributed by atoms with E-state index in [4.69, 9.17) is 19.7 Å². The van der Waals surface area contributed by atoms with Crippen molar-refractivity contribution in [3.63, 3.8) is 0 Å². The van der Waals surface area contributed by atoms with Gasteiger partial charge in [0.2, 0.25) is 0 Å². The van der Waals surface area contributed by atoms with E-state index in [0.717, 1.165) is 5.56 Å². The first-order valence-corrected chi connectivity index (χ1v) is 6.07. The Labute approximate surface area is 112 Å². The number of rotatable bonds is 9. The fourth-order valence-corrected chi connectivity index (χ4v) is 1.42. The summed E-state index contributed by atoms with van der Waals surface area (Å²) in [5.74, 6) is -0.427. The van der Waals surface area contributed by atoms with Gasteiger partial charge >= 0.3 is 0 Å². The molecule has 0 saturated heterocycles. The summed E-state index contributed by atoms with van der Waals surface area (Å²) in [5, 5.41) is 20.8. The lowest BCUT2D eigenvalue weighted by Gasteiger charge is -2.11. The molecule has 3 N–H and O–H groups in total. The van der Waals surface area contributed by atoms with Crippen molar-refractivity contribution >= 4 is 0 Å². The normalized spacial score (nSPS) is 12.4. The van der Waals surface area contributed by atoms with Gasteiger partial charge in [-0.15, -0.1) is 0 Å². The minimum Gasteiger partial charge on any atom is -0.488 e. The summed E-state index contributed by atoms with van der Waals surface area (Å²) in [6, 6.07) is 4.62. The van der Waals surface area contributed by atoms with Crippen LogP contribution in [0.2, 0.25) is 0 Å². The second kappa shape index (κ2) is 8.82. The number of nitrogens with one attached hydrogen (secondary N) is 1. The molecule has 1 aromatic carbocycles. The maximum absolute atomic E-state index is 13.7. The van der Waals surface area contributed by atoms with E-state index in [0.29, 0.717) is 19.7 Å². The third-order valence-corrected chi connectivity index (χ3v) is 2.45. The standard InChI is InChI=1S/C13H20FNO4/c1-18-5-4-15-7-10-2-3-13(12(14)6-10)19-9-11(17)8-16/h2-3,6,11,15-17H,4-5,7-9H2,1H3. The number of aliphatic hydroxyl groups is 2. The highest BCUT2D eigenvalue weighted by molar-refractivity contribution is 5.29. The molecule has 0 aliphatic heterocycles. The lowest BCUT2D eigenvalue weighted by Crippen LogP contribution is -2.21. The van der Waals surface area contributed by atoms with Crippen molar-refractivity contribution in [2.24, 2.45) is 0 Å². The van der Waals surface area contributed by atoms with E-state index >= 15 is 0 Å². The van der Waals surface area contributed by atoms with Crippen molar-refractivity contribution in [2.75, 3.05) is 33.5 Å². The second-order valence-corrected chi connectivity index (χ2v) is 4.08. The molecule has 0 aromatic heterocycles. The van der Waals surface area contributed by atoms with Crippen LogP contribution in [0, 0.1) is 5.82 Å². The van der Waals surface area contributed by atoms with Crippen LogP contribution in [0.1, 0.15) is 5.56 Å². The summed E-state index contributed by atoms with van der Waals surface area (Å²) in [7, 11) is 1.62. The molecule has 0 aliphatic carbocycles. The number of hydrogen-bond donors (Lipinski definition) is 3.